The molecule has 0 aliphatic carbocycles. The molecule has 18 heteroatoms. The molecule has 0 saturated heterocycles. The number of benzene rings is 1. The topological polar surface area (TPSA) is 213 Å². The first-order chi connectivity index (χ1) is 19.1. The molecule has 0 spiro atoms. The number of amides is 1. The first kappa shape index (κ1) is 34.5. The van der Waals surface area contributed by atoms with E-state index in [9.17, 15) is 32.9 Å². The van der Waals surface area contributed by atoms with Crippen molar-refractivity contribution in [2.45, 2.75) is 31.7 Å². The molecule has 1 atom stereocenters. The summed E-state index contributed by atoms with van der Waals surface area (Å²) in [6, 6.07) is -0.613. The number of hydrogen-bond donors (Lipinski definition) is 3. The van der Waals surface area contributed by atoms with Gasteiger partial charge in [0.1, 0.15) is 11.7 Å². The van der Waals surface area contributed by atoms with Crippen molar-refractivity contribution in [3.05, 3.63) is 38.0 Å². The van der Waals surface area contributed by atoms with Crippen molar-refractivity contribution in [1.29, 1.82) is 0 Å². The highest BCUT2D eigenvalue weighted by atomic mass is 19.2. The molecule has 40 heavy (non-hydrogen) atoms. The van der Waals surface area contributed by atoms with Crippen LogP contribution in [-0.2, 0) is 28.5 Å². The van der Waals surface area contributed by atoms with Crippen molar-refractivity contribution in [3.63, 3.8) is 0 Å². The number of carbonyl (C=O) groups is 2. The Morgan fingerprint density at radius 2 is 1.62 bits per heavy atom. The maximum atomic E-state index is 14.4. The van der Waals surface area contributed by atoms with Crippen molar-refractivity contribution >= 4 is 28.9 Å². The quantitative estimate of drug-likeness (QED) is 0.0283. The molecule has 0 saturated carbocycles. The summed E-state index contributed by atoms with van der Waals surface area (Å²) in [5.74, 6) is -7.36. The minimum atomic E-state index is -2.09. The van der Waals surface area contributed by atoms with E-state index in [1.165, 1.54) is 7.11 Å². The van der Waals surface area contributed by atoms with Crippen LogP contribution < -0.4 is 16.4 Å². The lowest BCUT2D eigenvalue weighted by atomic mass is 10.2. The molecule has 1 amide bonds. The normalized spacial score (nSPS) is 11.5. The van der Waals surface area contributed by atoms with Crippen LogP contribution in [0, 0.1) is 27.6 Å². The third-order valence-corrected chi connectivity index (χ3v) is 5.10. The second kappa shape index (κ2) is 19.5. The summed E-state index contributed by atoms with van der Waals surface area (Å²) in [5, 5.41) is 18.7. The molecular weight excluding hydrogens is 547 g/mol. The number of halogens is 3. The van der Waals surface area contributed by atoms with Crippen molar-refractivity contribution in [3.8, 4) is 0 Å². The highest BCUT2D eigenvalue weighted by Gasteiger charge is 2.33. The molecule has 0 aromatic heterocycles. The van der Waals surface area contributed by atoms with Gasteiger partial charge in [-0.1, -0.05) is 5.11 Å². The Balaban J connectivity index is 2.16. The van der Waals surface area contributed by atoms with Crippen LogP contribution in [0.5, 0.6) is 0 Å². The van der Waals surface area contributed by atoms with Crippen molar-refractivity contribution in [1.82, 2.24) is 5.32 Å². The van der Waals surface area contributed by atoms with Gasteiger partial charge in [-0.3, -0.25) is 19.7 Å². The van der Waals surface area contributed by atoms with Gasteiger partial charge in [-0.15, -0.1) is 0 Å². The Bertz CT molecular complexity index is 1040. The molecule has 0 heterocycles. The van der Waals surface area contributed by atoms with E-state index in [1.54, 1.807) is 5.32 Å². The zero-order valence-electron chi connectivity index (χ0n) is 21.8. The number of esters is 1. The average molecular weight is 580 g/mol. The smallest absolute Gasteiger partial charge is 0.334 e. The maximum Gasteiger partial charge on any atom is 0.334 e. The van der Waals surface area contributed by atoms with Gasteiger partial charge in [0.25, 0.3) is 0 Å². The molecule has 1 rings (SSSR count). The molecule has 0 unspecified atom stereocenters. The predicted molar refractivity (Wildman–Crippen MR) is 134 cm³/mol. The van der Waals surface area contributed by atoms with Gasteiger partial charge in [0, 0.05) is 11.5 Å². The number of nitrogens with zero attached hydrogens (tertiary/aromatic N) is 4. The number of nitrogens with two attached hydrogens (primary N) is 1. The Morgan fingerprint density at radius 1 is 1.02 bits per heavy atom. The van der Waals surface area contributed by atoms with Gasteiger partial charge in [-0.2, -0.15) is 4.39 Å². The summed E-state index contributed by atoms with van der Waals surface area (Å²) in [4.78, 5) is 35.0. The largest absolute Gasteiger partial charge is 0.468 e. The second-order valence-electron chi connectivity index (χ2n) is 7.97. The Labute approximate surface area is 227 Å². The fourth-order valence-electron chi connectivity index (χ4n) is 3.10. The molecule has 15 nitrogen and oxygen atoms in total. The standard InChI is InChI=1S/C22H32F3N7O8/c1-37-22(34)14(26)4-2-6-28-7-3-8-38-10-12-40-13-11-39-9-5-15(33)29-20-18(25)19(30-31-27)16(23)17(24)21(20)32(35)36/h14,28H,2-13,26H2,1H3,(H,29,33)/t14-/m0/s1. The number of azide groups is 1. The molecule has 0 aliphatic rings. The van der Waals surface area contributed by atoms with Crippen LogP contribution in [-0.4, -0.2) is 82.7 Å². The minimum Gasteiger partial charge on any atom is -0.468 e. The first-order valence-electron chi connectivity index (χ1n) is 12.1. The summed E-state index contributed by atoms with van der Waals surface area (Å²) in [7, 11) is 1.30. The van der Waals surface area contributed by atoms with Crippen LogP contribution in [0.25, 0.3) is 10.4 Å². The van der Waals surface area contributed by atoms with Crippen molar-refractivity contribution < 1.29 is 46.6 Å². The lowest BCUT2D eigenvalue weighted by Gasteiger charge is -2.11. The van der Waals surface area contributed by atoms with Gasteiger partial charge < -0.3 is 35.3 Å². The highest BCUT2D eigenvalue weighted by Crippen LogP contribution is 2.39. The molecule has 0 fully saturated rings. The summed E-state index contributed by atoms with van der Waals surface area (Å²) in [6.07, 6.45) is 1.65. The van der Waals surface area contributed by atoms with Crippen LogP contribution in [0.2, 0.25) is 0 Å². The maximum absolute atomic E-state index is 14.4. The number of ether oxygens (including phenoxy) is 4. The Kier molecular flexibility index (Phi) is 16.8. The Hall–Kier alpha value is -3.54. The summed E-state index contributed by atoms with van der Waals surface area (Å²) in [6.45, 7) is 2.72. The van der Waals surface area contributed by atoms with Crippen LogP contribution in [0.15, 0.2) is 5.11 Å². The van der Waals surface area contributed by atoms with Gasteiger partial charge in [0.15, 0.2) is 17.3 Å². The lowest BCUT2D eigenvalue weighted by molar-refractivity contribution is -0.387. The third kappa shape index (κ3) is 12.1. The number of nitro groups is 1. The molecular formula is C22H32F3N7O8. The predicted octanol–water partition coefficient (Wildman–Crippen LogP) is 2.59. The van der Waals surface area contributed by atoms with Gasteiger partial charge in [0.05, 0.1) is 51.5 Å². The van der Waals surface area contributed by atoms with Crippen molar-refractivity contribution in [2.24, 2.45) is 10.8 Å². The number of nitrogens with one attached hydrogen (secondary N) is 2. The van der Waals surface area contributed by atoms with Crippen LogP contribution in [0.3, 0.4) is 0 Å². The molecule has 1 aromatic carbocycles. The number of carbonyl (C=O) groups excluding carboxylic acids is 2. The van der Waals surface area contributed by atoms with Gasteiger partial charge in [-0.05, 0) is 37.9 Å². The zero-order chi connectivity index (χ0) is 29.9. The first-order valence-corrected chi connectivity index (χ1v) is 12.1. The summed E-state index contributed by atoms with van der Waals surface area (Å²) in [5.41, 5.74) is 9.64. The fourth-order valence-corrected chi connectivity index (χ4v) is 3.10. The van der Waals surface area contributed by atoms with Crippen LogP contribution in [0.4, 0.5) is 30.2 Å². The molecule has 4 N–H and O–H groups in total. The summed E-state index contributed by atoms with van der Waals surface area (Å²) < 4.78 is 62.6. The van der Waals surface area contributed by atoms with E-state index < -0.39 is 63.8 Å². The number of rotatable bonds is 21. The molecule has 1 aromatic rings. The number of methoxy groups -OCH3 is 1. The zero-order valence-corrected chi connectivity index (χ0v) is 21.8. The number of anilines is 1. The molecule has 0 radical (unpaired) electrons. The highest BCUT2D eigenvalue weighted by molar-refractivity contribution is 5.94. The SMILES string of the molecule is COC(=O)[C@@H](N)CCCNCCCOCCOCCOCCC(=O)Nc1c(F)c(N=[N+]=[N-])c(F)c(F)c1[N+](=O)[O-]. The number of nitro benzene ring substituents is 1. The van der Waals surface area contributed by atoms with Gasteiger partial charge in [0.2, 0.25) is 11.7 Å². The fraction of sp³-hybridized carbons (Fsp3) is 0.636. The minimum absolute atomic E-state index is 0.0948. The third-order valence-electron chi connectivity index (χ3n) is 5.10. The van der Waals surface area contributed by atoms with Crippen LogP contribution in [0.1, 0.15) is 25.7 Å². The monoisotopic (exact) mass is 579 g/mol. The molecule has 0 bridgehead atoms. The number of hydrogen-bond acceptors (Lipinski definition) is 11. The van der Waals surface area contributed by atoms with Gasteiger partial charge >= 0.3 is 11.7 Å². The van der Waals surface area contributed by atoms with E-state index in [2.05, 4.69) is 20.1 Å². The van der Waals surface area contributed by atoms with E-state index in [4.69, 9.17) is 25.5 Å². The lowest BCUT2D eigenvalue weighted by Crippen LogP contribution is -2.32. The van der Waals surface area contributed by atoms with E-state index >= 15 is 0 Å². The van der Waals surface area contributed by atoms with E-state index in [0.717, 1.165) is 25.9 Å². The van der Waals surface area contributed by atoms with Crippen molar-refractivity contribution in [2.75, 3.05) is 65.2 Å². The van der Waals surface area contributed by atoms with Gasteiger partial charge in [-0.25, -0.2) is 8.78 Å². The molecule has 224 valence electrons. The molecule has 0 aliphatic heterocycles. The van der Waals surface area contributed by atoms with E-state index in [0.29, 0.717) is 26.2 Å². The average Bonchev–Trinajstić information content (AvgIpc) is 2.92. The van der Waals surface area contributed by atoms with E-state index in [1.807, 2.05) is 0 Å². The van der Waals surface area contributed by atoms with E-state index in [-0.39, 0.29) is 19.8 Å². The Morgan fingerprint density at radius 3 is 2.23 bits per heavy atom. The summed E-state index contributed by atoms with van der Waals surface area (Å²) >= 11 is 0. The van der Waals surface area contributed by atoms with Crippen LogP contribution >= 0.6 is 0 Å². The second-order valence-corrected chi connectivity index (χ2v) is 7.97.